The molecule has 0 saturated carbocycles. The smallest absolute Gasteiger partial charge is 0.135 e. The first kappa shape index (κ1) is 18.3. The van der Waals surface area contributed by atoms with Gasteiger partial charge in [0.15, 0.2) is 0 Å². The second-order valence-electron chi connectivity index (χ2n) is 8.88. The van der Waals surface area contributed by atoms with Crippen LogP contribution in [0.15, 0.2) is 114 Å². The van der Waals surface area contributed by atoms with E-state index >= 15 is 0 Å². The predicted octanol–water partition coefficient (Wildman–Crippen LogP) is 9.93. The second kappa shape index (κ2) is 6.69. The lowest BCUT2D eigenvalue weighted by molar-refractivity contribution is 0.662. The second-order valence-corrected chi connectivity index (χ2v) is 9.97. The van der Waals surface area contributed by atoms with Crippen LogP contribution in [0.1, 0.15) is 0 Å². The molecular formula is C32H18OS. The molecule has 0 amide bonds. The number of hydrogen-bond donors (Lipinski definition) is 0. The fourth-order valence-corrected chi connectivity index (χ4v) is 6.74. The Labute approximate surface area is 199 Å². The molecule has 0 aliphatic rings. The van der Waals surface area contributed by atoms with E-state index in [1.165, 1.54) is 58.2 Å². The maximum Gasteiger partial charge on any atom is 0.135 e. The highest BCUT2D eigenvalue weighted by Gasteiger charge is 2.19. The number of hydrogen-bond acceptors (Lipinski definition) is 2. The van der Waals surface area contributed by atoms with Crippen LogP contribution in [0.5, 0.6) is 0 Å². The molecule has 0 bridgehead atoms. The molecule has 1 nitrogen and oxygen atoms in total. The van der Waals surface area contributed by atoms with Crippen LogP contribution in [0.2, 0.25) is 0 Å². The van der Waals surface area contributed by atoms with Gasteiger partial charge in [-0.15, -0.1) is 11.3 Å². The summed E-state index contributed by atoms with van der Waals surface area (Å²) in [6.45, 7) is 0. The van der Waals surface area contributed by atoms with Gasteiger partial charge < -0.3 is 4.42 Å². The number of rotatable bonds is 1. The first-order valence-corrected chi connectivity index (χ1v) is 12.3. The Morgan fingerprint density at radius 3 is 2.03 bits per heavy atom. The van der Waals surface area contributed by atoms with E-state index in [2.05, 4.69) is 109 Å². The predicted molar refractivity (Wildman–Crippen MR) is 147 cm³/mol. The van der Waals surface area contributed by atoms with Crippen LogP contribution in [0, 0.1) is 0 Å². The molecule has 0 aliphatic carbocycles. The molecule has 0 radical (unpaired) electrons. The first-order valence-electron chi connectivity index (χ1n) is 11.5. The van der Waals surface area contributed by atoms with Gasteiger partial charge in [0.2, 0.25) is 0 Å². The molecule has 0 spiro atoms. The van der Waals surface area contributed by atoms with E-state index in [4.69, 9.17) is 4.42 Å². The Morgan fingerprint density at radius 2 is 1.12 bits per heavy atom. The SMILES string of the molecule is c1ccc(-c2ccc3oc4cccc5c4c(c3c2)c2cccc3sc4ccccc4c5c32)cc1. The topological polar surface area (TPSA) is 13.1 Å². The van der Waals surface area contributed by atoms with Gasteiger partial charge in [-0.05, 0) is 52.2 Å². The minimum Gasteiger partial charge on any atom is -0.456 e. The van der Waals surface area contributed by atoms with Crippen molar-refractivity contribution in [3.63, 3.8) is 0 Å². The zero-order chi connectivity index (χ0) is 22.2. The Kier molecular flexibility index (Phi) is 3.60. The Balaban J connectivity index is 1.68. The van der Waals surface area contributed by atoms with Crippen molar-refractivity contribution < 1.29 is 4.42 Å². The van der Waals surface area contributed by atoms with E-state index in [9.17, 15) is 0 Å². The van der Waals surface area contributed by atoms with E-state index < -0.39 is 0 Å². The monoisotopic (exact) mass is 450 g/mol. The third-order valence-electron chi connectivity index (χ3n) is 7.04. The zero-order valence-electron chi connectivity index (χ0n) is 18.2. The van der Waals surface area contributed by atoms with E-state index in [0.717, 1.165) is 16.6 Å². The third-order valence-corrected chi connectivity index (χ3v) is 8.18. The van der Waals surface area contributed by atoms with E-state index in [-0.39, 0.29) is 0 Å². The van der Waals surface area contributed by atoms with E-state index in [0.29, 0.717) is 0 Å². The molecule has 2 heterocycles. The molecule has 2 heteroatoms. The maximum absolute atomic E-state index is 6.52. The summed E-state index contributed by atoms with van der Waals surface area (Å²) in [7, 11) is 0. The van der Waals surface area contributed by atoms with Crippen molar-refractivity contribution >= 4 is 75.0 Å². The van der Waals surface area contributed by atoms with Crippen LogP contribution in [0.4, 0.5) is 0 Å². The highest BCUT2D eigenvalue weighted by Crippen LogP contribution is 2.47. The largest absolute Gasteiger partial charge is 0.456 e. The van der Waals surface area contributed by atoms with Gasteiger partial charge in [-0.25, -0.2) is 0 Å². The van der Waals surface area contributed by atoms with Gasteiger partial charge >= 0.3 is 0 Å². The van der Waals surface area contributed by atoms with Crippen molar-refractivity contribution in [3.8, 4) is 11.1 Å². The van der Waals surface area contributed by atoms with Gasteiger partial charge in [-0.3, -0.25) is 0 Å². The van der Waals surface area contributed by atoms with Crippen molar-refractivity contribution in [3.05, 3.63) is 109 Å². The van der Waals surface area contributed by atoms with E-state index in [1.54, 1.807) is 0 Å². The Hall–Kier alpha value is -4.14. The van der Waals surface area contributed by atoms with E-state index in [1.807, 2.05) is 11.3 Å². The molecule has 8 rings (SSSR count). The lowest BCUT2D eigenvalue weighted by Gasteiger charge is -2.17. The average Bonchev–Trinajstić information content (AvgIpc) is 2.90. The van der Waals surface area contributed by atoms with Gasteiger partial charge in [0.25, 0.3) is 0 Å². The molecular weight excluding hydrogens is 432 g/mol. The normalized spacial score (nSPS) is 12.1. The van der Waals surface area contributed by atoms with Crippen LogP contribution >= 0.6 is 11.3 Å². The molecule has 6 aromatic carbocycles. The average molecular weight is 451 g/mol. The summed E-state index contributed by atoms with van der Waals surface area (Å²) >= 11 is 1.87. The molecule has 0 atom stereocenters. The standard InChI is InChI=1S/C32H18OS/c1-2-8-19(9-3-1)20-16-17-25-24(18-20)30-23-12-7-15-28-32(23)29(21-10-4-5-14-27(21)34-28)22-11-6-13-26(33-25)31(22)30/h1-18H. The van der Waals surface area contributed by atoms with Crippen LogP contribution < -0.4 is 0 Å². The molecule has 158 valence electrons. The van der Waals surface area contributed by atoms with Crippen LogP contribution in [0.3, 0.4) is 0 Å². The lowest BCUT2D eigenvalue weighted by Crippen LogP contribution is -1.89. The quantitative estimate of drug-likeness (QED) is 0.179. The molecule has 0 N–H and O–H groups in total. The van der Waals surface area contributed by atoms with Crippen molar-refractivity contribution in [2.75, 3.05) is 0 Å². The van der Waals surface area contributed by atoms with Crippen LogP contribution in [-0.4, -0.2) is 0 Å². The first-order chi connectivity index (χ1) is 16.9. The minimum atomic E-state index is 0.921. The third kappa shape index (κ3) is 2.38. The summed E-state index contributed by atoms with van der Waals surface area (Å²) < 4.78 is 9.15. The zero-order valence-corrected chi connectivity index (χ0v) is 19.0. The minimum absolute atomic E-state index is 0.921. The Morgan fingerprint density at radius 1 is 0.412 bits per heavy atom. The van der Waals surface area contributed by atoms with Crippen molar-refractivity contribution in [1.29, 1.82) is 0 Å². The van der Waals surface area contributed by atoms with Gasteiger partial charge in [-0.1, -0.05) is 78.9 Å². The van der Waals surface area contributed by atoms with Crippen LogP contribution in [-0.2, 0) is 0 Å². The Bertz CT molecular complexity index is 2060. The van der Waals surface area contributed by atoms with Crippen molar-refractivity contribution in [2.24, 2.45) is 0 Å². The fraction of sp³-hybridized carbons (Fsp3) is 0. The fourth-order valence-electron chi connectivity index (χ4n) is 5.62. The number of fused-ring (bicyclic) bond motifs is 6. The lowest BCUT2D eigenvalue weighted by atomic mass is 9.90. The van der Waals surface area contributed by atoms with Crippen LogP contribution in [0.25, 0.3) is 74.8 Å². The summed E-state index contributed by atoms with van der Waals surface area (Å²) in [5, 5.41) is 10.2. The summed E-state index contributed by atoms with van der Waals surface area (Å²) in [6.07, 6.45) is 0. The van der Waals surface area contributed by atoms with Gasteiger partial charge in [0, 0.05) is 41.7 Å². The summed E-state index contributed by atoms with van der Waals surface area (Å²) in [6, 6.07) is 39.2. The molecule has 0 unspecified atom stereocenters. The van der Waals surface area contributed by atoms with Crippen molar-refractivity contribution in [1.82, 2.24) is 0 Å². The van der Waals surface area contributed by atoms with Gasteiger partial charge in [0.1, 0.15) is 11.2 Å². The molecule has 0 saturated heterocycles. The molecule has 2 aromatic heterocycles. The summed E-state index contributed by atoms with van der Waals surface area (Å²) in [5.74, 6) is 0. The molecule has 0 fully saturated rings. The summed E-state index contributed by atoms with van der Waals surface area (Å²) in [5.41, 5.74) is 4.28. The summed E-state index contributed by atoms with van der Waals surface area (Å²) in [4.78, 5) is 0. The van der Waals surface area contributed by atoms with Gasteiger partial charge in [-0.2, -0.15) is 0 Å². The van der Waals surface area contributed by atoms with Crippen molar-refractivity contribution in [2.45, 2.75) is 0 Å². The highest BCUT2D eigenvalue weighted by atomic mass is 32.1. The number of benzene rings is 6. The highest BCUT2D eigenvalue weighted by molar-refractivity contribution is 7.25. The molecule has 8 aromatic rings. The molecule has 0 aliphatic heterocycles. The molecule has 34 heavy (non-hydrogen) atoms. The maximum atomic E-state index is 6.52. The van der Waals surface area contributed by atoms with Gasteiger partial charge in [0.05, 0.1) is 0 Å².